The van der Waals surface area contributed by atoms with Gasteiger partial charge in [0, 0.05) is 16.1 Å². The van der Waals surface area contributed by atoms with Crippen LogP contribution in [0.25, 0.3) is 0 Å². The van der Waals surface area contributed by atoms with Crippen LogP contribution in [0.5, 0.6) is 0 Å². The number of halogens is 1. The Kier molecular flexibility index (Phi) is 6.42. The molecule has 2 aromatic carbocycles. The van der Waals surface area contributed by atoms with Crippen molar-refractivity contribution < 1.29 is 14.7 Å². The van der Waals surface area contributed by atoms with Gasteiger partial charge in [-0.2, -0.15) is 0 Å². The van der Waals surface area contributed by atoms with Crippen molar-refractivity contribution in [3.8, 4) is 0 Å². The normalized spacial score (nSPS) is 13.5. The predicted octanol–water partition coefficient (Wildman–Crippen LogP) is 4.85. The number of carbonyl (C=O) groups excluding carboxylic acids is 1. The summed E-state index contributed by atoms with van der Waals surface area (Å²) >= 11 is 3.33. The molecular weight excluding hydrogens is 396 g/mol. The summed E-state index contributed by atoms with van der Waals surface area (Å²) in [5.74, 6) is -1.46. The second-order valence-corrected chi connectivity index (χ2v) is 8.09. The quantitative estimate of drug-likeness (QED) is 0.648. The van der Waals surface area contributed by atoms with Crippen molar-refractivity contribution in [1.82, 2.24) is 5.32 Å². The number of carboxylic acids is 1. The van der Waals surface area contributed by atoms with Crippen molar-refractivity contribution in [3.05, 3.63) is 64.6 Å². The average molecular weight is 419 g/mol. The van der Waals surface area contributed by atoms with Crippen LogP contribution in [-0.4, -0.2) is 23.1 Å². The largest absolute Gasteiger partial charge is 0.480 e. The van der Waals surface area contributed by atoms with Crippen LogP contribution >= 0.6 is 15.9 Å². The fourth-order valence-corrected chi connectivity index (χ4v) is 3.25. The number of rotatable bonds is 5. The highest BCUT2D eigenvalue weighted by molar-refractivity contribution is 9.10. The SMILES string of the molecule is CC(C)(C)C(c1ccccc1)[C@H](NC(=O)Nc1ccc(Br)cc1)C(=O)O. The number of urea groups is 1. The number of hydrogen-bond donors (Lipinski definition) is 3. The lowest BCUT2D eigenvalue weighted by molar-refractivity contribution is -0.140. The van der Waals surface area contributed by atoms with Crippen LogP contribution in [0.4, 0.5) is 10.5 Å². The molecule has 0 bridgehead atoms. The van der Waals surface area contributed by atoms with Crippen molar-refractivity contribution in [1.29, 1.82) is 0 Å². The van der Waals surface area contributed by atoms with E-state index in [1.807, 2.05) is 51.1 Å². The molecule has 26 heavy (non-hydrogen) atoms. The smallest absolute Gasteiger partial charge is 0.326 e. The molecule has 0 aromatic heterocycles. The Morgan fingerprint density at radius 1 is 1.00 bits per heavy atom. The Morgan fingerprint density at radius 3 is 2.08 bits per heavy atom. The van der Waals surface area contributed by atoms with E-state index in [9.17, 15) is 14.7 Å². The number of aliphatic carboxylic acids is 1. The summed E-state index contributed by atoms with van der Waals surface area (Å²) in [4.78, 5) is 24.3. The van der Waals surface area contributed by atoms with Gasteiger partial charge in [0.15, 0.2) is 0 Å². The van der Waals surface area contributed by atoms with Gasteiger partial charge in [0.25, 0.3) is 0 Å². The molecule has 0 aliphatic carbocycles. The molecular formula is C20H23BrN2O3. The Hall–Kier alpha value is -2.34. The monoisotopic (exact) mass is 418 g/mol. The molecule has 0 fully saturated rings. The number of carbonyl (C=O) groups is 2. The van der Waals surface area contributed by atoms with Crippen LogP contribution < -0.4 is 10.6 Å². The maximum atomic E-state index is 12.4. The number of amides is 2. The van der Waals surface area contributed by atoms with Crippen LogP contribution in [0, 0.1) is 5.41 Å². The second kappa shape index (κ2) is 8.36. The molecule has 0 saturated carbocycles. The van der Waals surface area contributed by atoms with E-state index >= 15 is 0 Å². The molecule has 3 N–H and O–H groups in total. The van der Waals surface area contributed by atoms with E-state index in [0.29, 0.717) is 5.69 Å². The van der Waals surface area contributed by atoms with Crippen molar-refractivity contribution >= 4 is 33.6 Å². The molecule has 0 saturated heterocycles. The minimum Gasteiger partial charge on any atom is -0.480 e. The lowest BCUT2D eigenvalue weighted by Gasteiger charge is -2.35. The summed E-state index contributed by atoms with van der Waals surface area (Å²) in [5, 5.41) is 15.1. The van der Waals surface area contributed by atoms with E-state index in [2.05, 4.69) is 26.6 Å². The summed E-state index contributed by atoms with van der Waals surface area (Å²) < 4.78 is 0.892. The third-order valence-electron chi connectivity index (χ3n) is 4.08. The molecule has 5 nitrogen and oxygen atoms in total. The molecule has 138 valence electrons. The van der Waals surface area contributed by atoms with Crippen molar-refractivity contribution in [3.63, 3.8) is 0 Å². The van der Waals surface area contributed by atoms with E-state index in [-0.39, 0.29) is 5.41 Å². The van der Waals surface area contributed by atoms with Gasteiger partial charge in [-0.15, -0.1) is 0 Å². The standard InChI is InChI=1S/C20H23BrN2O3/c1-20(2,3)16(13-7-5-4-6-8-13)17(18(24)25)23-19(26)22-15-11-9-14(21)10-12-15/h4-12,16-17H,1-3H3,(H,24,25)(H2,22,23,26)/t16?,17-/m0/s1. The van der Waals surface area contributed by atoms with Crippen molar-refractivity contribution in [2.24, 2.45) is 5.41 Å². The highest BCUT2D eigenvalue weighted by Gasteiger charge is 2.38. The van der Waals surface area contributed by atoms with Crippen LogP contribution in [0.15, 0.2) is 59.1 Å². The Balaban J connectivity index is 2.23. The van der Waals surface area contributed by atoms with Gasteiger partial charge in [0.1, 0.15) is 6.04 Å². The minimum absolute atomic E-state index is 0.366. The zero-order valence-electron chi connectivity index (χ0n) is 15.0. The predicted molar refractivity (Wildman–Crippen MR) is 106 cm³/mol. The summed E-state index contributed by atoms with van der Waals surface area (Å²) in [6.45, 7) is 5.90. The number of carboxylic acid groups (broad SMARTS) is 1. The maximum Gasteiger partial charge on any atom is 0.326 e. The molecule has 2 rings (SSSR count). The first-order valence-corrected chi connectivity index (χ1v) is 9.08. The molecule has 0 aliphatic rings. The lowest BCUT2D eigenvalue weighted by atomic mass is 9.72. The number of anilines is 1. The molecule has 2 atom stereocenters. The van der Waals surface area contributed by atoms with Crippen LogP contribution in [0.1, 0.15) is 32.3 Å². The van der Waals surface area contributed by atoms with Gasteiger partial charge in [-0.3, -0.25) is 0 Å². The number of hydrogen-bond acceptors (Lipinski definition) is 2. The summed E-state index contributed by atoms with van der Waals surface area (Å²) in [6.07, 6.45) is 0. The third-order valence-corrected chi connectivity index (χ3v) is 4.61. The summed E-state index contributed by atoms with van der Waals surface area (Å²) in [7, 11) is 0. The molecule has 0 aliphatic heterocycles. The van der Waals surface area contributed by atoms with E-state index in [0.717, 1.165) is 10.0 Å². The van der Waals surface area contributed by atoms with Gasteiger partial charge < -0.3 is 15.7 Å². The van der Waals surface area contributed by atoms with Gasteiger partial charge in [-0.1, -0.05) is 67.0 Å². The van der Waals surface area contributed by atoms with Crippen LogP contribution in [0.2, 0.25) is 0 Å². The lowest BCUT2D eigenvalue weighted by Crippen LogP contribution is -2.49. The van der Waals surface area contributed by atoms with E-state index in [1.165, 1.54) is 0 Å². The highest BCUT2D eigenvalue weighted by atomic mass is 79.9. The fourth-order valence-electron chi connectivity index (χ4n) is 2.98. The van der Waals surface area contributed by atoms with Gasteiger partial charge >= 0.3 is 12.0 Å². The molecule has 2 aromatic rings. The molecule has 0 heterocycles. The van der Waals surface area contributed by atoms with Gasteiger partial charge in [-0.05, 0) is 35.2 Å². The fraction of sp³-hybridized carbons (Fsp3) is 0.300. The second-order valence-electron chi connectivity index (χ2n) is 7.18. The molecule has 0 spiro atoms. The molecule has 6 heteroatoms. The van der Waals surface area contributed by atoms with Gasteiger partial charge in [0.2, 0.25) is 0 Å². The van der Waals surface area contributed by atoms with Gasteiger partial charge in [0.05, 0.1) is 0 Å². The number of nitrogens with one attached hydrogen (secondary N) is 2. The zero-order chi connectivity index (χ0) is 19.3. The molecule has 2 amide bonds. The maximum absolute atomic E-state index is 12.4. The van der Waals surface area contributed by atoms with E-state index < -0.39 is 24.0 Å². The summed E-state index contributed by atoms with van der Waals surface area (Å²) in [6, 6.07) is 14.9. The minimum atomic E-state index is -1.07. The first-order valence-electron chi connectivity index (χ1n) is 8.29. The highest BCUT2D eigenvalue weighted by Crippen LogP contribution is 2.38. The average Bonchev–Trinajstić information content (AvgIpc) is 2.56. The Bertz CT molecular complexity index is 755. The van der Waals surface area contributed by atoms with Crippen molar-refractivity contribution in [2.75, 3.05) is 5.32 Å². The van der Waals surface area contributed by atoms with Crippen molar-refractivity contribution in [2.45, 2.75) is 32.7 Å². The zero-order valence-corrected chi connectivity index (χ0v) is 16.6. The van der Waals surface area contributed by atoms with E-state index in [4.69, 9.17) is 0 Å². The Labute approximate surface area is 161 Å². The van der Waals surface area contributed by atoms with E-state index in [1.54, 1.807) is 24.3 Å². The number of benzene rings is 2. The first-order chi connectivity index (χ1) is 12.2. The first kappa shape index (κ1) is 20.0. The third kappa shape index (κ3) is 5.33. The Morgan fingerprint density at radius 2 is 1.58 bits per heavy atom. The van der Waals surface area contributed by atoms with Crippen LogP contribution in [-0.2, 0) is 4.79 Å². The molecule has 0 radical (unpaired) electrons. The van der Waals surface area contributed by atoms with Crippen LogP contribution in [0.3, 0.4) is 0 Å². The molecule has 1 unspecified atom stereocenters. The topological polar surface area (TPSA) is 78.4 Å². The summed E-state index contributed by atoms with van der Waals surface area (Å²) in [5.41, 5.74) is 1.09. The van der Waals surface area contributed by atoms with Gasteiger partial charge in [-0.25, -0.2) is 9.59 Å².